The molecule has 14 heavy (non-hydrogen) atoms. The highest BCUT2D eigenvalue weighted by Gasteiger charge is 2.10. The van der Waals surface area contributed by atoms with Crippen LogP contribution in [0.15, 0.2) is 30.3 Å². The minimum absolute atomic E-state index is 0.0469. The molecule has 0 N–H and O–H groups in total. The Morgan fingerprint density at radius 3 is 2.29 bits per heavy atom. The highest BCUT2D eigenvalue weighted by Crippen LogP contribution is 2.01. The van der Waals surface area contributed by atoms with Crippen molar-refractivity contribution in [3.8, 4) is 0 Å². The van der Waals surface area contributed by atoms with Gasteiger partial charge in [0.05, 0.1) is 14.2 Å². The Bertz CT molecular complexity index is 283. The number of Topliss-reactive ketones (excluding diaryl/α,β-unsaturated/α-hetero) is 1. The maximum atomic E-state index is 11.6. The summed E-state index contributed by atoms with van der Waals surface area (Å²) in [5.41, 5.74) is 0.645. The van der Waals surface area contributed by atoms with Gasteiger partial charge in [0.1, 0.15) is 6.54 Å². The molecule has 0 aliphatic heterocycles. The Labute approximate surface area is 82.9 Å². The lowest BCUT2D eigenvalue weighted by Gasteiger charge is -2.14. The van der Waals surface area contributed by atoms with Crippen LogP contribution in [-0.4, -0.2) is 31.8 Å². The first-order valence-electron chi connectivity index (χ1n) is 4.22. The summed E-state index contributed by atoms with van der Waals surface area (Å²) >= 11 is 0. The normalized spacial score (nSPS) is 10.5. The van der Waals surface area contributed by atoms with Gasteiger partial charge in [-0.3, -0.25) is 14.5 Å². The second-order valence-electron chi connectivity index (χ2n) is 2.65. The first kappa shape index (κ1) is 10.8. The van der Waals surface area contributed by atoms with Crippen LogP contribution in [0.2, 0.25) is 0 Å². The molecule has 76 valence electrons. The third kappa shape index (κ3) is 2.92. The van der Waals surface area contributed by atoms with Crippen molar-refractivity contribution in [2.45, 2.75) is 0 Å². The molecule has 0 spiro atoms. The summed E-state index contributed by atoms with van der Waals surface area (Å²) in [5.74, 6) is -0.0469. The Morgan fingerprint density at radius 2 is 1.79 bits per heavy atom. The molecule has 0 amide bonds. The van der Waals surface area contributed by atoms with Gasteiger partial charge in [0, 0.05) is 5.56 Å². The number of nitrogens with zero attached hydrogens (tertiary/aromatic N) is 1. The largest absolute Gasteiger partial charge is 0.293 e. The van der Waals surface area contributed by atoms with E-state index in [-0.39, 0.29) is 12.3 Å². The summed E-state index contributed by atoms with van der Waals surface area (Å²) in [6.45, 7) is 0.0804. The molecule has 0 bridgehead atoms. The third-order valence-electron chi connectivity index (χ3n) is 1.78. The lowest BCUT2D eigenvalue weighted by atomic mass is 10.1. The zero-order valence-electron chi connectivity index (χ0n) is 8.27. The number of hydrogen-bond donors (Lipinski definition) is 0. The van der Waals surface area contributed by atoms with Crippen LogP contribution in [0.3, 0.4) is 0 Å². The maximum Gasteiger partial charge on any atom is 0.181 e. The molecule has 0 atom stereocenters. The van der Waals surface area contributed by atoms with Gasteiger partial charge < -0.3 is 0 Å². The van der Waals surface area contributed by atoms with Gasteiger partial charge >= 0.3 is 0 Å². The molecular weight excluding hydrogens is 182 g/mol. The van der Waals surface area contributed by atoms with Gasteiger partial charge in [-0.2, -0.15) is 0 Å². The number of rotatable bonds is 5. The highest BCUT2D eigenvalue weighted by molar-refractivity contribution is 5.97. The Balaban J connectivity index is 2.59. The summed E-state index contributed by atoms with van der Waals surface area (Å²) in [7, 11) is 2.89. The number of carbonyl (C=O) groups excluding carboxylic acids is 1. The van der Waals surface area contributed by atoms with E-state index in [0.29, 0.717) is 5.56 Å². The lowest BCUT2D eigenvalue weighted by molar-refractivity contribution is -0.335. The molecule has 1 rings (SSSR count). The van der Waals surface area contributed by atoms with Gasteiger partial charge in [-0.05, 0) is 0 Å². The number of ketones is 1. The van der Waals surface area contributed by atoms with Crippen LogP contribution < -0.4 is 0 Å². The van der Waals surface area contributed by atoms with Gasteiger partial charge in [-0.25, -0.2) is 0 Å². The summed E-state index contributed by atoms with van der Waals surface area (Å²) in [6, 6.07) is 9.01. The van der Waals surface area contributed by atoms with Crippen LogP contribution in [0.25, 0.3) is 0 Å². The van der Waals surface area contributed by atoms with E-state index < -0.39 is 0 Å². The molecule has 0 heterocycles. The van der Waals surface area contributed by atoms with E-state index in [2.05, 4.69) is 0 Å². The number of benzene rings is 1. The summed E-state index contributed by atoms with van der Waals surface area (Å²) in [6.07, 6.45) is 0. The van der Waals surface area contributed by atoms with Crippen LogP contribution >= 0.6 is 0 Å². The summed E-state index contributed by atoms with van der Waals surface area (Å²) in [4.78, 5) is 21.1. The Kier molecular flexibility index (Phi) is 4.25. The fraction of sp³-hybridized carbons (Fsp3) is 0.300. The topological polar surface area (TPSA) is 38.8 Å². The van der Waals surface area contributed by atoms with E-state index in [1.165, 1.54) is 14.2 Å². The van der Waals surface area contributed by atoms with E-state index in [1.54, 1.807) is 12.1 Å². The van der Waals surface area contributed by atoms with E-state index in [9.17, 15) is 4.79 Å². The monoisotopic (exact) mass is 195 g/mol. The summed E-state index contributed by atoms with van der Waals surface area (Å²) in [5, 5.41) is 1.12. The van der Waals surface area contributed by atoms with Gasteiger partial charge in [-0.1, -0.05) is 35.6 Å². The second-order valence-corrected chi connectivity index (χ2v) is 2.65. The van der Waals surface area contributed by atoms with Crippen molar-refractivity contribution in [2.24, 2.45) is 0 Å². The average molecular weight is 195 g/mol. The van der Waals surface area contributed by atoms with Gasteiger partial charge in [0.15, 0.2) is 5.78 Å². The molecule has 1 aromatic rings. The van der Waals surface area contributed by atoms with Crippen LogP contribution in [0.1, 0.15) is 10.4 Å². The van der Waals surface area contributed by atoms with Crippen molar-refractivity contribution in [3.05, 3.63) is 35.9 Å². The molecule has 4 nitrogen and oxygen atoms in total. The molecule has 0 saturated heterocycles. The molecule has 0 fully saturated rings. The van der Waals surface area contributed by atoms with Crippen molar-refractivity contribution in [1.29, 1.82) is 0 Å². The molecule has 0 aliphatic rings. The SMILES string of the molecule is CON(CC(=O)c1ccccc1)OC. The van der Waals surface area contributed by atoms with E-state index in [1.807, 2.05) is 18.2 Å². The third-order valence-corrected chi connectivity index (χ3v) is 1.78. The predicted octanol–water partition coefficient (Wildman–Crippen LogP) is 1.29. The minimum atomic E-state index is -0.0469. The zero-order chi connectivity index (χ0) is 10.4. The standard InChI is InChI=1S/C10H13NO3/c1-13-11(14-2)8-10(12)9-6-4-3-5-7-9/h3-7H,8H2,1-2H3. The average Bonchev–Trinajstić information content (AvgIpc) is 2.26. The molecule has 4 heteroatoms. The number of carbonyl (C=O) groups is 1. The molecule has 1 aromatic carbocycles. The minimum Gasteiger partial charge on any atom is -0.293 e. The van der Waals surface area contributed by atoms with Crippen LogP contribution in [0.5, 0.6) is 0 Å². The Hall–Kier alpha value is -1.23. The lowest BCUT2D eigenvalue weighted by Crippen LogP contribution is -2.27. The smallest absolute Gasteiger partial charge is 0.181 e. The van der Waals surface area contributed by atoms with E-state index >= 15 is 0 Å². The fourth-order valence-electron chi connectivity index (χ4n) is 1.04. The summed E-state index contributed by atoms with van der Waals surface area (Å²) < 4.78 is 0. The van der Waals surface area contributed by atoms with Crippen LogP contribution in [-0.2, 0) is 9.68 Å². The quantitative estimate of drug-likeness (QED) is 0.524. The van der Waals surface area contributed by atoms with Crippen molar-refractivity contribution in [1.82, 2.24) is 5.23 Å². The predicted molar refractivity (Wildman–Crippen MR) is 51.5 cm³/mol. The molecular formula is C10H13NO3. The zero-order valence-corrected chi connectivity index (χ0v) is 8.27. The van der Waals surface area contributed by atoms with Crippen LogP contribution in [0.4, 0.5) is 0 Å². The fourth-order valence-corrected chi connectivity index (χ4v) is 1.04. The van der Waals surface area contributed by atoms with Crippen LogP contribution in [0, 0.1) is 0 Å². The second kappa shape index (κ2) is 5.49. The van der Waals surface area contributed by atoms with Crippen molar-refractivity contribution < 1.29 is 14.5 Å². The molecule has 0 saturated carbocycles. The van der Waals surface area contributed by atoms with Gasteiger partial charge in [-0.15, -0.1) is 0 Å². The van der Waals surface area contributed by atoms with Crippen molar-refractivity contribution >= 4 is 5.78 Å². The first-order chi connectivity index (χ1) is 6.77. The molecule has 0 radical (unpaired) electrons. The van der Waals surface area contributed by atoms with Gasteiger partial charge in [0.2, 0.25) is 0 Å². The molecule has 0 unspecified atom stereocenters. The maximum absolute atomic E-state index is 11.6. The molecule has 0 aromatic heterocycles. The first-order valence-corrected chi connectivity index (χ1v) is 4.22. The highest BCUT2D eigenvalue weighted by atomic mass is 16.9. The van der Waals surface area contributed by atoms with E-state index in [0.717, 1.165) is 5.23 Å². The number of hydroxylamine groups is 2. The molecule has 0 aliphatic carbocycles. The Morgan fingerprint density at radius 1 is 1.21 bits per heavy atom. The number of hydrogen-bond acceptors (Lipinski definition) is 4. The van der Waals surface area contributed by atoms with Crippen molar-refractivity contribution in [3.63, 3.8) is 0 Å². The van der Waals surface area contributed by atoms with Crippen molar-refractivity contribution in [2.75, 3.05) is 20.8 Å². The van der Waals surface area contributed by atoms with Gasteiger partial charge in [0.25, 0.3) is 0 Å². The van der Waals surface area contributed by atoms with E-state index in [4.69, 9.17) is 9.68 Å².